The number of rotatable bonds is 6. The first-order chi connectivity index (χ1) is 12.6. The van der Waals surface area contributed by atoms with Gasteiger partial charge in [0.25, 0.3) is 5.91 Å². The van der Waals surface area contributed by atoms with Crippen molar-refractivity contribution >= 4 is 17.6 Å². The largest absolute Gasteiger partial charge is 0.329 e. The third-order valence-electron chi connectivity index (χ3n) is 4.14. The maximum atomic E-state index is 13.9. The molecule has 146 valence electrons. The first-order valence-electron chi connectivity index (χ1n) is 9.01. The average molecular weight is 374 g/mol. The molecule has 0 unspecified atom stereocenters. The molecule has 1 N–H and O–H groups in total. The Morgan fingerprint density at radius 1 is 1.26 bits per heavy atom. The monoisotopic (exact) mass is 374 g/mol. The fourth-order valence-corrected chi connectivity index (χ4v) is 2.63. The minimum Gasteiger partial charge on any atom is -0.329 e. The van der Waals surface area contributed by atoms with E-state index in [2.05, 4.69) is 10.4 Å². The maximum Gasteiger partial charge on any atom is 0.257 e. The molecular weight excluding hydrogens is 347 g/mol. The summed E-state index contributed by atoms with van der Waals surface area (Å²) < 4.78 is 15.5. The summed E-state index contributed by atoms with van der Waals surface area (Å²) in [6.45, 7) is 8.22. The van der Waals surface area contributed by atoms with Crippen LogP contribution >= 0.6 is 0 Å². The van der Waals surface area contributed by atoms with E-state index < -0.39 is 11.7 Å². The summed E-state index contributed by atoms with van der Waals surface area (Å²) in [6.07, 6.45) is 0.660. The lowest BCUT2D eigenvalue weighted by molar-refractivity contribution is -0.117. The number of hydrogen-bond donors (Lipinski definition) is 1. The minimum atomic E-state index is -0.592. The molecule has 2 amide bonds. The molecule has 0 aliphatic heterocycles. The maximum absolute atomic E-state index is 13.9. The lowest BCUT2D eigenvalue weighted by Gasteiger charge is -2.22. The van der Waals surface area contributed by atoms with Crippen LogP contribution < -0.4 is 5.32 Å². The number of amides is 2. The van der Waals surface area contributed by atoms with Gasteiger partial charge in [-0.15, -0.1) is 0 Å². The zero-order chi connectivity index (χ0) is 20.2. The molecule has 0 saturated carbocycles. The van der Waals surface area contributed by atoms with E-state index in [-0.39, 0.29) is 23.4 Å². The van der Waals surface area contributed by atoms with E-state index in [1.807, 2.05) is 33.8 Å². The van der Waals surface area contributed by atoms with Crippen molar-refractivity contribution < 1.29 is 14.0 Å². The second-order valence-electron chi connectivity index (χ2n) is 7.54. The van der Waals surface area contributed by atoms with Gasteiger partial charge in [-0.25, -0.2) is 4.39 Å². The van der Waals surface area contributed by atoms with Crippen molar-refractivity contribution in [3.05, 3.63) is 47.4 Å². The molecule has 0 atom stereocenters. The average Bonchev–Trinajstić information content (AvgIpc) is 2.95. The number of aryl methyl sites for hydroxylation is 1. The van der Waals surface area contributed by atoms with Crippen LogP contribution in [0.15, 0.2) is 30.3 Å². The fourth-order valence-electron chi connectivity index (χ4n) is 2.63. The summed E-state index contributed by atoms with van der Waals surface area (Å²) in [6, 6.07) is 7.61. The van der Waals surface area contributed by atoms with Gasteiger partial charge in [0.15, 0.2) is 0 Å². The molecule has 1 aromatic carbocycles. The van der Waals surface area contributed by atoms with Crippen molar-refractivity contribution in [1.82, 2.24) is 14.7 Å². The van der Waals surface area contributed by atoms with E-state index in [0.717, 1.165) is 5.69 Å². The van der Waals surface area contributed by atoms with Gasteiger partial charge in [0, 0.05) is 25.1 Å². The highest BCUT2D eigenvalue weighted by atomic mass is 19.1. The van der Waals surface area contributed by atoms with Crippen molar-refractivity contribution in [3.8, 4) is 0 Å². The number of halogens is 1. The highest BCUT2D eigenvalue weighted by molar-refractivity contribution is 5.99. The van der Waals surface area contributed by atoms with Gasteiger partial charge in [-0.2, -0.15) is 5.10 Å². The van der Waals surface area contributed by atoms with Gasteiger partial charge in [-0.1, -0.05) is 39.8 Å². The first kappa shape index (κ1) is 20.6. The van der Waals surface area contributed by atoms with Crippen LogP contribution in [0.3, 0.4) is 0 Å². The van der Waals surface area contributed by atoms with Crippen LogP contribution in [0.5, 0.6) is 0 Å². The van der Waals surface area contributed by atoms with E-state index in [9.17, 15) is 14.0 Å². The van der Waals surface area contributed by atoms with Gasteiger partial charge in [-0.3, -0.25) is 14.3 Å². The molecule has 1 aromatic heterocycles. The van der Waals surface area contributed by atoms with Crippen molar-refractivity contribution in [2.24, 2.45) is 7.05 Å². The van der Waals surface area contributed by atoms with Crippen LogP contribution in [-0.2, 0) is 17.3 Å². The third-order valence-corrected chi connectivity index (χ3v) is 4.14. The summed E-state index contributed by atoms with van der Waals surface area (Å²) in [4.78, 5) is 26.5. The van der Waals surface area contributed by atoms with E-state index >= 15 is 0 Å². The number of carbonyl (C=O) groups excluding carboxylic acids is 2. The van der Waals surface area contributed by atoms with Gasteiger partial charge in [-0.05, 0) is 18.6 Å². The first-order valence-corrected chi connectivity index (χ1v) is 9.01. The van der Waals surface area contributed by atoms with Crippen LogP contribution in [0.2, 0.25) is 0 Å². The van der Waals surface area contributed by atoms with Crippen molar-refractivity contribution in [1.29, 1.82) is 0 Å². The molecular formula is C20H27FN4O2. The summed E-state index contributed by atoms with van der Waals surface area (Å²) >= 11 is 0. The number of carbonyl (C=O) groups is 2. The SMILES string of the molecule is CCCN(CC(=O)Nc1cc(C(C)(C)C)nn1C)C(=O)c1ccccc1F. The summed E-state index contributed by atoms with van der Waals surface area (Å²) in [5.41, 5.74) is 0.679. The Balaban J connectivity index is 2.13. The normalized spacial score (nSPS) is 11.3. The van der Waals surface area contributed by atoms with E-state index in [0.29, 0.717) is 18.8 Å². The highest BCUT2D eigenvalue weighted by Crippen LogP contribution is 2.23. The predicted octanol–water partition coefficient (Wildman–Crippen LogP) is 3.35. The molecule has 6 nitrogen and oxygen atoms in total. The number of anilines is 1. The van der Waals surface area contributed by atoms with E-state index in [1.165, 1.54) is 23.1 Å². The minimum absolute atomic E-state index is 0.0331. The van der Waals surface area contributed by atoms with Crippen LogP contribution in [-0.4, -0.2) is 39.6 Å². The molecule has 27 heavy (non-hydrogen) atoms. The summed E-state index contributed by atoms with van der Waals surface area (Å²) in [5.74, 6) is -0.882. The predicted molar refractivity (Wildman–Crippen MR) is 103 cm³/mol. The number of hydrogen-bond acceptors (Lipinski definition) is 3. The molecule has 0 aliphatic rings. The second-order valence-corrected chi connectivity index (χ2v) is 7.54. The van der Waals surface area contributed by atoms with Crippen molar-refractivity contribution in [2.45, 2.75) is 39.5 Å². The molecule has 7 heteroatoms. The smallest absolute Gasteiger partial charge is 0.257 e. The zero-order valence-electron chi connectivity index (χ0n) is 16.5. The molecule has 0 spiro atoms. The second kappa shape index (κ2) is 8.33. The number of nitrogens with one attached hydrogen (secondary N) is 1. The third kappa shape index (κ3) is 5.15. The Bertz CT molecular complexity index is 824. The molecule has 0 fully saturated rings. The van der Waals surface area contributed by atoms with Gasteiger partial charge in [0.1, 0.15) is 18.2 Å². The number of benzene rings is 1. The highest BCUT2D eigenvalue weighted by Gasteiger charge is 2.23. The van der Waals surface area contributed by atoms with Crippen LogP contribution in [0.25, 0.3) is 0 Å². The lowest BCUT2D eigenvalue weighted by atomic mass is 9.92. The topological polar surface area (TPSA) is 67.2 Å². The molecule has 0 saturated heterocycles. The molecule has 2 aromatic rings. The standard InChI is InChI=1S/C20H27FN4O2/c1-6-11-25(19(27)14-9-7-8-10-15(14)21)13-18(26)22-17-12-16(20(2,3)4)23-24(17)5/h7-10,12H,6,11,13H2,1-5H3,(H,22,26). The Hall–Kier alpha value is -2.70. The Kier molecular flexibility index (Phi) is 6.36. The van der Waals surface area contributed by atoms with Crippen LogP contribution in [0.1, 0.15) is 50.2 Å². The summed E-state index contributed by atoms with van der Waals surface area (Å²) in [5, 5.41) is 7.20. The van der Waals surface area contributed by atoms with Gasteiger partial charge >= 0.3 is 0 Å². The van der Waals surface area contributed by atoms with Gasteiger partial charge in [0.2, 0.25) is 5.91 Å². The van der Waals surface area contributed by atoms with E-state index in [1.54, 1.807) is 17.8 Å². The molecule has 0 aliphatic carbocycles. The Morgan fingerprint density at radius 2 is 1.93 bits per heavy atom. The number of nitrogens with zero attached hydrogens (tertiary/aromatic N) is 3. The summed E-state index contributed by atoms with van der Waals surface area (Å²) in [7, 11) is 1.75. The van der Waals surface area contributed by atoms with E-state index in [4.69, 9.17) is 0 Å². The lowest BCUT2D eigenvalue weighted by Crippen LogP contribution is -2.39. The molecule has 0 radical (unpaired) electrons. The Morgan fingerprint density at radius 3 is 2.48 bits per heavy atom. The van der Waals surface area contributed by atoms with Gasteiger partial charge < -0.3 is 10.2 Å². The molecule has 2 rings (SSSR count). The number of aromatic nitrogens is 2. The fraction of sp³-hybridized carbons (Fsp3) is 0.450. The van der Waals surface area contributed by atoms with Gasteiger partial charge in [0.05, 0.1) is 11.3 Å². The van der Waals surface area contributed by atoms with Crippen molar-refractivity contribution in [2.75, 3.05) is 18.4 Å². The molecule has 1 heterocycles. The van der Waals surface area contributed by atoms with Crippen LogP contribution in [0.4, 0.5) is 10.2 Å². The zero-order valence-corrected chi connectivity index (χ0v) is 16.5. The van der Waals surface area contributed by atoms with Crippen molar-refractivity contribution in [3.63, 3.8) is 0 Å². The van der Waals surface area contributed by atoms with Crippen LogP contribution in [0, 0.1) is 5.82 Å². The Labute approximate surface area is 159 Å². The quantitative estimate of drug-likeness (QED) is 0.843. The molecule has 0 bridgehead atoms.